The van der Waals surface area contributed by atoms with Gasteiger partial charge in [-0.2, -0.15) is 0 Å². The van der Waals surface area contributed by atoms with Crippen molar-refractivity contribution in [2.24, 2.45) is 0 Å². The van der Waals surface area contributed by atoms with Crippen LogP contribution >= 0.6 is 11.3 Å². The molecule has 2 nitrogen and oxygen atoms in total. The van der Waals surface area contributed by atoms with Crippen LogP contribution in [0.2, 0.25) is 0 Å². The van der Waals surface area contributed by atoms with Crippen molar-refractivity contribution in [3.8, 4) is 0 Å². The molecule has 0 spiro atoms. The quantitative estimate of drug-likeness (QED) is 0.821. The van der Waals surface area contributed by atoms with Crippen LogP contribution < -0.4 is 0 Å². The third-order valence-electron chi connectivity index (χ3n) is 2.51. The SMILES string of the molecule is CC(C)(CO)c1ccc2ncsc2c1. The van der Waals surface area contributed by atoms with Gasteiger partial charge in [-0.3, -0.25) is 0 Å². The molecule has 1 aromatic carbocycles. The van der Waals surface area contributed by atoms with Crippen LogP contribution in [0.3, 0.4) is 0 Å². The second-order valence-corrected chi connectivity index (χ2v) is 4.96. The molecule has 1 aromatic heterocycles. The number of hydrogen-bond acceptors (Lipinski definition) is 3. The number of thiazole rings is 1. The molecule has 3 heteroatoms. The Kier molecular flexibility index (Phi) is 2.29. The van der Waals surface area contributed by atoms with Gasteiger partial charge in [0, 0.05) is 5.41 Å². The molecule has 1 N–H and O–H groups in total. The number of hydrogen-bond donors (Lipinski definition) is 1. The number of aliphatic hydroxyl groups excluding tert-OH is 1. The van der Waals surface area contributed by atoms with Crippen LogP contribution in [0.4, 0.5) is 0 Å². The van der Waals surface area contributed by atoms with Crippen molar-refractivity contribution in [2.45, 2.75) is 19.3 Å². The van der Waals surface area contributed by atoms with Gasteiger partial charge in [0.15, 0.2) is 0 Å². The highest BCUT2D eigenvalue weighted by Crippen LogP contribution is 2.27. The topological polar surface area (TPSA) is 33.1 Å². The second-order valence-electron chi connectivity index (χ2n) is 4.08. The smallest absolute Gasteiger partial charge is 0.0812 e. The molecule has 0 bridgehead atoms. The average Bonchev–Trinajstić information content (AvgIpc) is 2.64. The van der Waals surface area contributed by atoms with E-state index in [9.17, 15) is 5.11 Å². The molecule has 14 heavy (non-hydrogen) atoms. The number of rotatable bonds is 2. The molecule has 0 aliphatic heterocycles. The molecular formula is C11H13NOS. The summed E-state index contributed by atoms with van der Waals surface area (Å²) in [5, 5.41) is 9.26. The molecule has 0 atom stereocenters. The molecule has 0 aliphatic carbocycles. The van der Waals surface area contributed by atoms with E-state index in [0.29, 0.717) is 0 Å². The van der Waals surface area contributed by atoms with Gasteiger partial charge in [0.05, 0.1) is 22.3 Å². The summed E-state index contributed by atoms with van der Waals surface area (Å²) in [6, 6.07) is 6.17. The normalized spacial score (nSPS) is 12.2. The Balaban J connectivity index is 2.53. The highest BCUT2D eigenvalue weighted by Gasteiger charge is 2.19. The third-order valence-corrected chi connectivity index (χ3v) is 3.30. The zero-order valence-corrected chi connectivity index (χ0v) is 9.14. The largest absolute Gasteiger partial charge is 0.395 e. The van der Waals surface area contributed by atoms with Crippen molar-refractivity contribution in [3.63, 3.8) is 0 Å². The third kappa shape index (κ3) is 1.53. The Hall–Kier alpha value is -0.930. The molecular weight excluding hydrogens is 194 g/mol. The van der Waals surface area contributed by atoms with E-state index in [0.717, 1.165) is 11.1 Å². The average molecular weight is 207 g/mol. The van der Waals surface area contributed by atoms with Gasteiger partial charge < -0.3 is 5.11 Å². The minimum Gasteiger partial charge on any atom is -0.395 e. The maximum absolute atomic E-state index is 9.26. The Morgan fingerprint density at radius 2 is 2.21 bits per heavy atom. The molecule has 0 amide bonds. The zero-order chi connectivity index (χ0) is 10.2. The first kappa shape index (κ1) is 9.62. The van der Waals surface area contributed by atoms with Crippen molar-refractivity contribution in [1.29, 1.82) is 0 Å². The van der Waals surface area contributed by atoms with Crippen molar-refractivity contribution in [3.05, 3.63) is 29.3 Å². The van der Waals surface area contributed by atoms with Gasteiger partial charge >= 0.3 is 0 Å². The molecule has 0 saturated carbocycles. The summed E-state index contributed by atoms with van der Waals surface area (Å²) in [6.07, 6.45) is 0. The van der Waals surface area contributed by atoms with Crippen LogP contribution in [-0.4, -0.2) is 16.7 Å². The maximum Gasteiger partial charge on any atom is 0.0812 e. The molecule has 1 heterocycles. The number of aliphatic hydroxyl groups is 1. The highest BCUT2D eigenvalue weighted by molar-refractivity contribution is 7.16. The Morgan fingerprint density at radius 3 is 2.93 bits per heavy atom. The lowest BCUT2D eigenvalue weighted by atomic mass is 9.86. The predicted octanol–water partition coefficient (Wildman–Crippen LogP) is 2.57. The van der Waals surface area contributed by atoms with Gasteiger partial charge in [-0.1, -0.05) is 19.9 Å². The van der Waals surface area contributed by atoms with Crippen molar-refractivity contribution >= 4 is 21.6 Å². The van der Waals surface area contributed by atoms with E-state index in [2.05, 4.69) is 11.1 Å². The van der Waals surface area contributed by atoms with E-state index in [1.165, 1.54) is 4.70 Å². The Labute approximate surface area is 87.2 Å². The first-order valence-corrected chi connectivity index (χ1v) is 5.46. The predicted molar refractivity (Wildman–Crippen MR) is 59.7 cm³/mol. The van der Waals surface area contributed by atoms with E-state index in [1.807, 2.05) is 31.5 Å². The van der Waals surface area contributed by atoms with Gasteiger partial charge in [0.25, 0.3) is 0 Å². The van der Waals surface area contributed by atoms with E-state index in [1.54, 1.807) is 11.3 Å². The Bertz CT molecular complexity index is 447. The maximum atomic E-state index is 9.26. The number of nitrogens with zero attached hydrogens (tertiary/aromatic N) is 1. The van der Waals surface area contributed by atoms with Crippen molar-refractivity contribution < 1.29 is 5.11 Å². The molecule has 0 unspecified atom stereocenters. The first-order chi connectivity index (χ1) is 6.63. The summed E-state index contributed by atoms with van der Waals surface area (Å²) in [4.78, 5) is 4.22. The van der Waals surface area contributed by atoms with Crippen LogP contribution in [-0.2, 0) is 5.41 Å². The number of aromatic nitrogens is 1. The minimum absolute atomic E-state index is 0.164. The van der Waals surface area contributed by atoms with Crippen molar-refractivity contribution in [1.82, 2.24) is 4.98 Å². The standard InChI is InChI=1S/C11H13NOS/c1-11(2,6-13)8-3-4-9-10(5-8)14-7-12-9/h3-5,7,13H,6H2,1-2H3. The first-order valence-electron chi connectivity index (χ1n) is 4.58. The molecule has 0 fully saturated rings. The molecule has 2 aromatic rings. The number of benzene rings is 1. The fourth-order valence-electron chi connectivity index (χ4n) is 1.37. The zero-order valence-electron chi connectivity index (χ0n) is 8.32. The van der Waals surface area contributed by atoms with Crippen LogP contribution in [0.5, 0.6) is 0 Å². The van der Waals surface area contributed by atoms with Gasteiger partial charge in [0.1, 0.15) is 0 Å². The summed E-state index contributed by atoms with van der Waals surface area (Å²) in [5.41, 5.74) is 3.88. The van der Waals surface area contributed by atoms with Crippen LogP contribution in [0, 0.1) is 0 Å². The monoisotopic (exact) mass is 207 g/mol. The molecule has 0 aliphatic rings. The fourth-order valence-corrected chi connectivity index (χ4v) is 2.08. The summed E-state index contributed by atoms with van der Waals surface area (Å²) in [6.45, 7) is 4.24. The molecule has 2 rings (SSSR count). The van der Waals surface area contributed by atoms with Crippen LogP contribution in [0.15, 0.2) is 23.7 Å². The minimum atomic E-state index is -0.168. The summed E-state index contributed by atoms with van der Waals surface area (Å²) in [5.74, 6) is 0. The molecule has 0 saturated heterocycles. The van der Waals surface area contributed by atoms with Crippen LogP contribution in [0.25, 0.3) is 10.2 Å². The summed E-state index contributed by atoms with van der Waals surface area (Å²) >= 11 is 1.64. The van der Waals surface area contributed by atoms with E-state index < -0.39 is 0 Å². The van der Waals surface area contributed by atoms with E-state index in [-0.39, 0.29) is 12.0 Å². The second kappa shape index (κ2) is 3.33. The number of fused-ring (bicyclic) bond motifs is 1. The lowest BCUT2D eigenvalue weighted by molar-refractivity contribution is 0.218. The van der Waals surface area contributed by atoms with Gasteiger partial charge in [-0.25, -0.2) is 4.98 Å². The Morgan fingerprint density at radius 1 is 1.43 bits per heavy atom. The van der Waals surface area contributed by atoms with Gasteiger partial charge in [-0.15, -0.1) is 11.3 Å². The summed E-state index contributed by atoms with van der Waals surface area (Å²) in [7, 11) is 0. The van der Waals surface area contributed by atoms with Crippen molar-refractivity contribution in [2.75, 3.05) is 6.61 Å². The fraction of sp³-hybridized carbons (Fsp3) is 0.364. The van der Waals surface area contributed by atoms with Gasteiger partial charge in [0.2, 0.25) is 0 Å². The summed E-state index contributed by atoms with van der Waals surface area (Å²) < 4.78 is 1.18. The highest BCUT2D eigenvalue weighted by atomic mass is 32.1. The molecule has 74 valence electrons. The molecule has 0 radical (unpaired) electrons. The van der Waals surface area contributed by atoms with Gasteiger partial charge in [-0.05, 0) is 17.7 Å². The van der Waals surface area contributed by atoms with E-state index in [4.69, 9.17) is 0 Å². The van der Waals surface area contributed by atoms with Crippen LogP contribution in [0.1, 0.15) is 19.4 Å². The van der Waals surface area contributed by atoms with E-state index >= 15 is 0 Å². The lowest BCUT2D eigenvalue weighted by Crippen LogP contribution is -2.21. The lowest BCUT2D eigenvalue weighted by Gasteiger charge is -2.21.